The van der Waals surface area contributed by atoms with E-state index in [1.54, 1.807) is 19.3 Å². The summed E-state index contributed by atoms with van der Waals surface area (Å²) in [6.45, 7) is 3.45. The van der Waals surface area contributed by atoms with Crippen LogP contribution in [-0.2, 0) is 17.6 Å². The molecule has 0 unspecified atom stereocenters. The third kappa shape index (κ3) is 3.62. The van der Waals surface area contributed by atoms with Gasteiger partial charge in [0.25, 0.3) is 5.91 Å². The zero-order valence-corrected chi connectivity index (χ0v) is 13.1. The zero-order valence-electron chi connectivity index (χ0n) is 13.1. The number of H-pyrrole nitrogens is 1. The number of nitrogens with zero attached hydrogens (tertiary/aromatic N) is 1. The number of benzene rings is 1. The Morgan fingerprint density at radius 3 is 2.48 bits per heavy atom. The van der Waals surface area contributed by atoms with Crippen molar-refractivity contribution in [1.29, 1.82) is 0 Å². The summed E-state index contributed by atoms with van der Waals surface area (Å²) in [4.78, 5) is 26.5. The van der Waals surface area contributed by atoms with E-state index in [4.69, 9.17) is 5.21 Å². The maximum absolute atomic E-state index is 12.1. The van der Waals surface area contributed by atoms with E-state index in [2.05, 4.69) is 4.98 Å². The fraction of sp³-hybridized carbons (Fsp3) is 0.375. The Hall–Kier alpha value is -2.54. The normalized spacial score (nSPS) is 12.3. The molecule has 124 valence electrons. The number of hydrogen-bond donors (Lipinski definition) is 4. The minimum Gasteiger partial charge on any atom is -0.493 e. The first kappa shape index (κ1) is 16.8. The Labute approximate surface area is 133 Å². The molecule has 4 N–H and O–H groups in total. The average molecular weight is 319 g/mol. The number of aryl methyl sites for hydroxylation is 2. The van der Waals surface area contributed by atoms with Gasteiger partial charge in [0.2, 0.25) is 5.88 Å². The molecular formula is C16H21N3O4. The Kier molecular flexibility index (Phi) is 5.23. The number of hydroxylamine groups is 1. The molecule has 2 aromatic rings. The quantitative estimate of drug-likeness (QED) is 0.476. The van der Waals surface area contributed by atoms with Crippen molar-refractivity contribution < 1.29 is 15.1 Å². The SMILES string of the molecule is CC(C)[C@H](C(=O)NO)n1c(O)c(CCc2ccccc2)[nH]c1=O. The number of carbonyl (C=O) groups excluding carboxylic acids is 1. The van der Waals surface area contributed by atoms with E-state index in [0.29, 0.717) is 18.5 Å². The van der Waals surface area contributed by atoms with Crippen LogP contribution >= 0.6 is 0 Å². The van der Waals surface area contributed by atoms with E-state index >= 15 is 0 Å². The van der Waals surface area contributed by atoms with Crippen molar-refractivity contribution in [3.63, 3.8) is 0 Å². The number of imidazole rings is 1. The summed E-state index contributed by atoms with van der Waals surface area (Å²) in [6, 6.07) is 8.69. The molecule has 0 radical (unpaired) electrons. The van der Waals surface area contributed by atoms with Crippen molar-refractivity contribution in [3.8, 4) is 5.88 Å². The molecule has 1 amide bonds. The predicted molar refractivity (Wildman–Crippen MR) is 84.4 cm³/mol. The highest BCUT2D eigenvalue weighted by atomic mass is 16.5. The average Bonchev–Trinajstić information content (AvgIpc) is 2.81. The largest absolute Gasteiger partial charge is 0.493 e. The molecule has 0 aliphatic rings. The minimum atomic E-state index is -0.991. The number of rotatable bonds is 6. The number of carbonyl (C=O) groups is 1. The van der Waals surface area contributed by atoms with Crippen LogP contribution in [0, 0.1) is 5.92 Å². The van der Waals surface area contributed by atoms with Gasteiger partial charge in [-0.2, -0.15) is 0 Å². The minimum absolute atomic E-state index is 0.270. The lowest BCUT2D eigenvalue weighted by Gasteiger charge is -2.19. The van der Waals surface area contributed by atoms with Crippen LogP contribution in [0.15, 0.2) is 35.1 Å². The molecule has 0 aliphatic carbocycles. The smallest absolute Gasteiger partial charge is 0.329 e. The van der Waals surface area contributed by atoms with Crippen molar-refractivity contribution in [2.45, 2.75) is 32.7 Å². The number of amides is 1. The van der Waals surface area contributed by atoms with Crippen molar-refractivity contribution >= 4 is 5.91 Å². The first-order chi connectivity index (χ1) is 11.0. The van der Waals surface area contributed by atoms with Gasteiger partial charge >= 0.3 is 5.69 Å². The van der Waals surface area contributed by atoms with Gasteiger partial charge in [0.15, 0.2) is 0 Å². The summed E-state index contributed by atoms with van der Waals surface area (Å²) in [5.74, 6) is -1.30. The first-order valence-corrected chi connectivity index (χ1v) is 7.46. The molecule has 0 aliphatic heterocycles. The molecule has 23 heavy (non-hydrogen) atoms. The van der Waals surface area contributed by atoms with E-state index in [0.717, 1.165) is 10.1 Å². The summed E-state index contributed by atoms with van der Waals surface area (Å²) in [7, 11) is 0. The molecule has 1 heterocycles. The van der Waals surface area contributed by atoms with Crippen molar-refractivity contribution in [2.75, 3.05) is 0 Å². The summed E-state index contributed by atoms with van der Waals surface area (Å²) >= 11 is 0. The Morgan fingerprint density at radius 2 is 1.91 bits per heavy atom. The van der Waals surface area contributed by atoms with Crippen LogP contribution in [0.4, 0.5) is 0 Å². The fourth-order valence-corrected chi connectivity index (χ4v) is 2.62. The number of aromatic nitrogens is 2. The standard InChI is InChI=1S/C16H21N3O4/c1-10(2)13(14(20)18-23)19-15(21)12(17-16(19)22)9-8-11-6-4-3-5-7-11/h3-7,10,13,21,23H,8-9H2,1-2H3,(H,17,22)(H,18,20)/t13-/m1/s1. The molecule has 1 aromatic carbocycles. The van der Waals surface area contributed by atoms with Crippen LogP contribution in [0.25, 0.3) is 0 Å². The van der Waals surface area contributed by atoms with Crippen molar-refractivity contribution in [3.05, 3.63) is 52.1 Å². The summed E-state index contributed by atoms with van der Waals surface area (Å²) in [5.41, 5.74) is 2.42. The van der Waals surface area contributed by atoms with Gasteiger partial charge in [-0.05, 0) is 24.3 Å². The number of hydrogen-bond acceptors (Lipinski definition) is 4. The van der Waals surface area contributed by atoms with E-state index in [-0.39, 0.29) is 11.8 Å². The first-order valence-electron chi connectivity index (χ1n) is 7.46. The summed E-state index contributed by atoms with van der Waals surface area (Å²) < 4.78 is 0.983. The topological polar surface area (TPSA) is 107 Å². The maximum atomic E-state index is 12.1. The third-order valence-corrected chi connectivity index (χ3v) is 3.77. The van der Waals surface area contributed by atoms with Gasteiger partial charge in [-0.1, -0.05) is 44.2 Å². The molecule has 2 rings (SSSR count). The summed E-state index contributed by atoms with van der Waals surface area (Å²) in [6.07, 6.45) is 1.08. The van der Waals surface area contributed by atoms with Crippen LogP contribution in [0.3, 0.4) is 0 Å². The van der Waals surface area contributed by atoms with Gasteiger partial charge in [-0.15, -0.1) is 0 Å². The van der Waals surface area contributed by atoms with E-state index < -0.39 is 17.6 Å². The predicted octanol–water partition coefficient (Wildman–Crippen LogP) is 1.37. The fourth-order valence-electron chi connectivity index (χ4n) is 2.62. The molecule has 0 spiro atoms. The second-order valence-electron chi connectivity index (χ2n) is 5.75. The Morgan fingerprint density at radius 1 is 1.26 bits per heavy atom. The van der Waals surface area contributed by atoms with Crippen LogP contribution in [0.2, 0.25) is 0 Å². The molecule has 1 aromatic heterocycles. The molecule has 7 heteroatoms. The zero-order chi connectivity index (χ0) is 17.0. The van der Waals surface area contributed by atoms with Crippen molar-refractivity contribution in [2.24, 2.45) is 5.92 Å². The Bertz CT molecular complexity index is 719. The van der Waals surface area contributed by atoms with Gasteiger partial charge < -0.3 is 10.1 Å². The van der Waals surface area contributed by atoms with Gasteiger partial charge in [-0.3, -0.25) is 14.6 Å². The second kappa shape index (κ2) is 7.15. The van der Waals surface area contributed by atoms with Crippen LogP contribution in [0.5, 0.6) is 5.88 Å². The van der Waals surface area contributed by atoms with E-state index in [1.165, 1.54) is 0 Å². The highest BCUT2D eigenvalue weighted by Crippen LogP contribution is 2.24. The molecule has 1 atom stereocenters. The molecule has 0 bridgehead atoms. The van der Waals surface area contributed by atoms with Crippen LogP contribution in [-0.4, -0.2) is 25.8 Å². The van der Waals surface area contributed by atoms with Crippen LogP contribution in [0.1, 0.15) is 31.1 Å². The molecule has 0 saturated heterocycles. The highest BCUT2D eigenvalue weighted by Gasteiger charge is 2.29. The highest BCUT2D eigenvalue weighted by molar-refractivity contribution is 5.79. The van der Waals surface area contributed by atoms with Gasteiger partial charge in [0.05, 0.1) is 5.69 Å². The molecule has 7 nitrogen and oxygen atoms in total. The Balaban J connectivity index is 2.28. The lowest BCUT2D eigenvalue weighted by Crippen LogP contribution is -2.37. The lowest BCUT2D eigenvalue weighted by atomic mass is 10.0. The monoisotopic (exact) mass is 319 g/mol. The van der Waals surface area contributed by atoms with Gasteiger partial charge in [-0.25, -0.2) is 10.3 Å². The van der Waals surface area contributed by atoms with Gasteiger partial charge in [0, 0.05) is 0 Å². The van der Waals surface area contributed by atoms with E-state index in [9.17, 15) is 14.7 Å². The molecule has 0 saturated carbocycles. The van der Waals surface area contributed by atoms with Gasteiger partial charge in [0.1, 0.15) is 6.04 Å². The number of nitrogens with one attached hydrogen (secondary N) is 2. The van der Waals surface area contributed by atoms with E-state index in [1.807, 2.05) is 30.3 Å². The lowest BCUT2D eigenvalue weighted by molar-refractivity contribution is -0.134. The molecule has 0 fully saturated rings. The van der Waals surface area contributed by atoms with Crippen molar-refractivity contribution in [1.82, 2.24) is 15.0 Å². The molecular weight excluding hydrogens is 298 g/mol. The third-order valence-electron chi connectivity index (χ3n) is 3.77. The second-order valence-corrected chi connectivity index (χ2v) is 5.75. The number of aromatic amines is 1. The van der Waals surface area contributed by atoms with Crippen LogP contribution < -0.4 is 11.2 Å². The number of aromatic hydroxyl groups is 1. The summed E-state index contributed by atoms with van der Waals surface area (Å²) in [5, 5.41) is 19.2. The maximum Gasteiger partial charge on any atom is 0.329 e.